The number of hydrogen-bond acceptors (Lipinski definition) is 4. The van der Waals surface area contributed by atoms with E-state index in [0.29, 0.717) is 11.8 Å². The van der Waals surface area contributed by atoms with Gasteiger partial charge in [-0.2, -0.15) is 0 Å². The number of carbonyl (C=O) groups is 1. The van der Waals surface area contributed by atoms with Gasteiger partial charge in [0.15, 0.2) is 5.75 Å². The first-order chi connectivity index (χ1) is 9.61. The molecule has 0 unspecified atom stereocenters. The number of aryl methyl sites for hydroxylation is 1. The van der Waals surface area contributed by atoms with Gasteiger partial charge in [0.25, 0.3) is 0 Å². The Hall–Kier alpha value is -2.69. The second-order valence-electron chi connectivity index (χ2n) is 4.32. The molecule has 0 aliphatic rings. The van der Waals surface area contributed by atoms with Gasteiger partial charge in [0.1, 0.15) is 12.9 Å². The van der Waals surface area contributed by atoms with E-state index in [2.05, 4.69) is 0 Å². The van der Waals surface area contributed by atoms with Crippen molar-refractivity contribution in [3.8, 4) is 5.75 Å². The minimum atomic E-state index is -0.526. The maximum absolute atomic E-state index is 10.9. The van der Waals surface area contributed by atoms with Crippen LogP contribution in [0, 0.1) is 17.0 Å². The molecular formula is C15H13NO4. The van der Waals surface area contributed by atoms with E-state index in [1.807, 2.05) is 31.2 Å². The molecule has 0 bridgehead atoms. The zero-order chi connectivity index (χ0) is 14.5. The van der Waals surface area contributed by atoms with Crippen molar-refractivity contribution < 1.29 is 14.5 Å². The van der Waals surface area contributed by atoms with Crippen LogP contribution in [0.1, 0.15) is 21.5 Å². The van der Waals surface area contributed by atoms with Crippen LogP contribution >= 0.6 is 0 Å². The molecule has 0 atom stereocenters. The zero-order valence-electron chi connectivity index (χ0n) is 10.9. The number of benzene rings is 2. The van der Waals surface area contributed by atoms with Gasteiger partial charge in [0.05, 0.1) is 4.92 Å². The molecule has 0 aliphatic carbocycles. The normalized spacial score (nSPS) is 10.1. The van der Waals surface area contributed by atoms with Crippen molar-refractivity contribution in [2.45, 2.75) is 13.5 Å². The minimum Gasteiger partial charge on any atom is -0.482 e. The first kappa shape index (κ1) is 13.7. The molecule has 20 heavy (non-hydrogen) atoms. The summed E-state index contributed by atoms with van der Waals surface area (Å²) in [5.41, 5.74) is 2.18. The molecule has 0 aromatic heterocycles. The minimum absolute atomic E-state index is 0.0999. The van der Waals surface area contributed by atoms with Crippen molar-refractivity contribution in [2.75, 3.05) is 0 Å². The molecule has 2 aromatic carbocycles. The Morgan fingerprint density at radius 2 is 2.00 bits per heavy atom. The third-order valence-corrected chi connectivity index (χ3v) is 2.96. The van der Waals surface area contributed by atoms with E-state index in [9.17, 15) is 14.9 Å². The number of nitro groups is 1. The Morgan fingerprint density at radius 1 is 1.25 bits per heavy atom. The van der Waals surface area contributed by atoms with Gasteiger partial charge < -0.3 is 4.74 Å². The van der Waals surface area contributed by atoms with Crippen LogP contribution in [-0.2, 0) is 6.61 Å². The summed E-state index contributed by atoms with van der Waals surface area (Å²) >= 11 is 0. The van der Waals surface area contributed by atoms with Crippen molar-refractivity contribution in [2.24, 2.45) is 0 Å². The van der Waals surface area contributed by atoms with E-state index in [0.717, 1.165) is 11.1 Å². The molecule has 0 saturated carbocycles. The largest absolute Gasteiger partial charge is 0.482 e. The van der Waals surface area contributed by atoms with Crippen LogP contribution in [0.2, 0.25) is 0 Å². The van der Waals surface area contributed by atoms with Gasteiger partial charge in [-0.3, -0.25) is 14.9 Å². The third-order valence-electron chi connectivity index (χ3n) is 2.96. The lowest BCUT2D eigenvalue weighted by molar-refractivity contribution is -0.385. The van der Waals surface area contributed by atoms with Crippen molar-refractivity contribution in [1.29, 1.82) is 0 Å². The van der Waals surface area contributed by atoms with E-state index >= 15 is 0 Å². The van der Waals surface area contributed by atoms with E-state index in [1.54, 1.807) is 0 Å². The van der Waals surface area contributed by atoms with Crippen LogP contribution in [0.3, 0.4) is 0 Å². The average Bonchev–Trinajstić information content (AvgIpc) is 2.46. The molecule has 0 saturated heterocycles. The van der Waals surface area contributed by atoms with Crippen molar-refractivity contribution in [3.63, 3.8) is 0 Å². The lowest BCUT2D eigenvalue weighted by Gasteiger charge is -2.09. The van der Waals surface area contributed by atoms with E-state index in [-0.39, 0.29) is 18.0 Å². The Balaban J connectivity index is 2.26. The Kier molecular flexibility index (Phi) is 4.10. The quantitative estimate of drug-likeness (QED) is 0.475. The third kappa shape index (κ3) is 3.00. The predicted octanol–water partition coefficient (Wildman–Crippen LogP) is 3.29. The summed E-state index contributed by atoms with van der Waals surface area (Å²) in [5, 5.41) is 10.9. The van der Waals surface area contributed by atoms with Gasteiger partial charge in [-0.25, -0.2) is 0 Å². The van der Waals surface area contributed by atoms with Gasteiger partial charge in [-0.15, -0.1) is 0 Å². The summed E-state index contributed by atoms with van der Waals surface area (Å²) in [6.07, 6.45) is 0.629. The van der Waals surface area contributed by atoms with E-state index < -0.39 is 4.92 Å². The molecule has 5 nitrogen and oxygen atoms in total. The number of aldehydes is 1. The summed E-state index contributed by atoms with van der Waals surface area (Å²) in [5.74, 6) is 0.0999. The fourth-order valence-electron chi connectivity index (χ4n) is 1.80. The summed E-state index contributed by atoms with van der Waals surface area (Å²) in [6.45, 7) is 2.16. The molecule has 0 heterocycles. The molecule has 0 radical (unpaired) electrons. The Labute approximate surface area is 116 Å². The number of nitro benzene ring substituents is 1. The highest BCUT2D eigenvalue weighted by molar-refractivity contribution is 5.76. The number of hydrogen-bond donors (Lipinski definition) is 0. The van der Waals surface area contributed by atoms with Crippen molar-refractivity contribution in [3.05, 3.63) is 69.3 Å². The van der Waals surface area contributed by atoms with Gasteiger partial charge in [-0.1, -0.05) is 24.3 Å². The molecule has 0 spiro atoms. The molecule has 0 aliphatic heterocycles. The maximum Gasteiger partial charge on any atom is 0.310 e. The second kappa shape index (κ2) is 5.97. The smallest absolute Gasteiger partial charge is 0.310 e. The molecule has 0 amide bonds. The molecule has 2 aromatic rings. The molecule has 102 valence electrons. The van der Waals surface area contributed by atoms with Crippen LogP contribution in [0.4, 0.5) is 5.69 Å². The highest BCUT2D eigenvalue weighted by Crippen LogP contribution is 2.28. The molecule has 5 heteroatoms. The fraction of sp³-hybridized carbons (Fsp3) is 0.133. The maximum atomic E-state index is 10.9. The number of ether oxygens (including phenoxy) is 1. The first-order valence-corrected chi connectivity index (χ1v) is 6.02. The average molecular weight is 271 g/mol. The Morgan fingerprint density at radius 3 is 2.65 bits per heavy atom. The van der Waals surface area contributed by atoms with E-state index in [4.69, 9.17) is 4.74 Å². The van der Waals surface area contributed by atoms with Crippen LogP contribution in [0.15, 0.2) is 42.5 Å². The number of carbonyl (C=O) groups excluding carboxylic acids is 1. The predicted molar refractivity (Wildman–Crippen MR) is 74.0 cm³/mol. The van der Waals surface area contributed by atoms with Gasteiger partial charge in [0, 0.05) is 11.6 Å². The molecule has 2 rings (SSSR count). The van der Waals surface area contributed by atoms with Crippen LogP contribution in [-0.4, -0.2) is 11.2 Å². The lowest BCUT2D eigenvalue weighted by atomic mass is 10.1. The first-order valence-electron chi connectivity index (χ1n) is 6.02. The number of nitrogens with zero attached hydrogens (tertiary/aromatic N) is 1. The van der Waals surface area contributed by atoms with Gasteiger partial charge >= 0.3 is 5.69 Å². The van der Waals surface area contributed by atoms with Crippen molar-refractivity contribution >= 4 is 12.0 Å². The van der Waals surface area contributed by atoms with Crippen LogP contribution in [0.5, 0.6) is 5.75 Å². The Bertz CT molecular complexity index is 652. The monoisotopic (exact) mass is 271 g/mol. The summed E-state index contributed by atoms with van der Waals surface area (Å²) in [6, 6.07) is 11.7. The highest BCUT2D eigenvalue weighted by Gasteiger charge is 2.15. The highest BCUT2D eigenvalue weighted by atomic mass is 16.6. The molecular weight excluding hydrogens is 258 g/mol. The second-order valence-corrected chi connectivity index (χ2v) is 4.32. The zero-order valence-corrected chi connectivity index (χ0v) is 10.9. The SMILES string of the molecule is Cc1ccccc1COc1cc(C=O)ccc1[N+](=O)[O-]. The van der Waals surface area contributed by atoms with Crippen molar-refractivity contribution in [1.82, 2.24) is 0 Å². The summed E-state index contributed by atoms with van der Waals surface area (Å²) in [4.78, 5) is 21.2. The number of rotatable bonds is 5. The summed E-state index contributed by atoms with van der Waals surface area (Å²) in [7, 11) is 0. The lowest BCUT2D eigenvalue weighted by Crippen LogP contribution is -2.01. The van der Waals surface area contributed by atoms with Crippen LogP contribution in [0.25, 0.3) is 0 Å². The van der Waals surface area contributed by atoms with Crippen LogP contribution < -0.4 is 4.74 Å². The standard InChI is InChI=1S/C15H13NO4/c1-11-4-2-3-5-13(11)10-20-15-8-12(9-17)6-7-14(15)16(18)19/h2-9H,10H2,1H3. The topological polar surface area (TPSA) is 69.4 Å². The molecule has 0 fully saturated rings. The fourth-order valence-corrected chi connectivity index (χ4v) is 1.80. The molecule has 0 N–H and O–H groups in total. The summed E-state index contributed by atoms with van der Waals surface area (Å²) < 4.78 is 5.51. The van der Waals surface area contributed by atoms with Gasteiger partial charge in [-0.05, 0) is 30.2 Å². The van der Waals surface area contributed by atoms with Gasteiger partial charge in [0.2, 0.25) is 0 Å². The van der Waals surface area contributed by atoms with E-state index in [1.165, 1.54) is 18.2 Å².